The fraction of sp³-hybridized carbons (Fsp3) is 0.250. The molecule has 0 aliphatic rings. The number of para-hydroxylation sites is 2. The minimum absolute atomic E-state index is 0.0423. The van der Waals surface area contributed by atoms with Crippen molar-refractivity contribution in [2.45, 2.75) is 26.4 Å². The number of amides is 2. The van der Waals surface area contributed by atoms with Gasteiger partial charge in [-0.3, -0.25) is 9.59 Å². The van der Waals surface area contributed by atoms with Gasteiger partial charge < -0.3 is 20.1 Å². The highest BCUT2D eigenvalue weighted by atomic mass is 16.5. The van der Waals surface area contributed by atoms with Crippen molar-refractivity contribution in [3.63, 3.8) is 0 Å². The summed E-state index contributed by atoms with van der Waals surface area (Å²) in [5.74, 6) is -0.853. The lowest BCUT2D eigenvalue weighted by molar-refractivity contribution is -0.123. The minimum atomic E-state index is -0.472. The van der Waals surface area contributed by atoms with Crippen LogP contribution in [0, 0.1) is 0 Å². The van der Waals surface area contributed by atoms with Gasteiger partial charge in [-0.2, -0.15) is 0 Å². The van der Waals surface area contributed by atoms with Crippen molar-refractivity contribution >= 4 is 29.2 Å². The monoisotopic (exact) mass is 370 g/mol. The molecule has 0 heterocycles. The number of nitrogens with one attached hydrogen (secondary N) is 2. The molecule has 2 rings (SSSR count). The van der Waals surface area contributed by atoms with Crippen LogP contribution in [0.2, 0.25) is 0 Å². The van der Waals surface area contributed by atoms with Gasteiger partial charge in [0.2, 0.25) is 11.8 Å². The molecule has 2 amide bonds. The van der Waals surface area contributed by atoms with Gasteiger partial charge in [-0.25, -0.2) is 4.79 Å². The second-order valence-electron chi connectivity index (χ2n) is 6.00. The van der Waals surface area contributed by atoms with Gasteiger partial charge in [0.1, 0.15) is 12.2 Å². The molecular formula is C20H22N2O5. The number of anilines is 2. The number of methoxy groups -OCH3 is 1. The minimum Gasteiger partial charge on any atom is -0.489 e. The van der Waals surface area contributed by atoms with Crippen LogP contribution in [0.1, 0.15) is 30.6 Å². The first-order valence-electron chi connectivity index (χ1n) is 8.43. The molecule has 0 atom stereocenters. The van der Waals surface area contributed by atoms with E-state index in [0.717, 1.165) is 0 Å². The highest BCUT2D eigenvalue weighted by molar-refractivity contribution is 6.08. The average molecular weight is 370 g/mol. The number of carbonyl (C=O) groups excluding carboxylic acids is 3. The third kappa shape index (κ3) is 6.14. The van der Waals surface area contributed by atoms with Gasteiger partial charge in [0, 0.05) is 5.69 Å². The van der Waals surface area contributed by atoms with Crippen molar-refractivity contribution in [1.29, 1.82) is 0 Å². The van der Waals surface area contributed by atoms with Crippen molar-refractivity contribution in [3.05, 3.63) is 54.1 Å². The molecule has 0 unspecified atom stereocenters. The molecule has 7 heteroatoms. The van der Waals surface area contributed by atoms with Gasteiger partial charge in [-0.1, -0.05) is 12.1 Å². The van der Waals surface area contributed by atoms with Crippen LogP contribution in [-0.2, 0) is 14.3 Å². The number of esters is 1. The molecule has 0 fully saturated rings. The van der Waals surface area contributed by atoms with E-state index in [1.54, 1.807) is 36.4 Å². The molecular weight excluding hydrogens is 348 g/mol. The van der Waals surface area contributed by atoms with Crippen LogP contribution in [-0.4, -0.2) is 31.0 Å². The van der Waals surface area contributed by atoms with Crippen molar-refractivity contribution in [2.75, 3.05) is 17.7 Å². The summed E-state index contributed by atoms with van der Waals surface area (Å²) < 4.78 is 10.2. The third-order valence-corrected chi connectivity index (χ3v) is 3.43. The lowest BCUT2D eigenvalue weighted by atomic mass is 10.2. The van der Waals surface area contributed by atoms with Crippen LogP contribution in [0.25, 0.3) is 0 Å². The molecule has 0 radical (unpaired) electrons. The Labute approximate surface area is 157 Å². The molecule has 0 aliphatic heterocycles. The molecule has 0 aromatic heterocycles. The normalized spacial score (nSPS) is 10.2. The molecule has 2 aromatic rings. The molecule has 7 nitrogen and oxygen atoms in total. The number of rotatable bonds is 7. The summed E-state index contributed by atoms with van der Waals surface area (Å²) in [5, 5.41) is 5.28. The van der Waals surface area contributed by atoms with Crippen molar-refractivity contribution in [2.24, 2.45) is 0 Å². The maximum absolute atomic E-state index is 12.1. The lowest BCUT2D eigenvalue weighted by Crippen LogP contribution is -2.22. The van der Waals surface area contributed by atoms with Gasteiger partial charge >= 0.3 is 5.97 Å². The lowest BCUT2D eigenvalue weighted by Gasteiger charge is -2.14. The highest BCUT2D eigenvalue weighted by Crippen LogP contribution is 2.25. The molecule has 0 bridgehead atoms. The summed E-state index contributed by atoms with van der Waals surface area (Å²) in [6.07, 6.45) is -0.395. The molecule has 0 aliphatic carbocycles. The summed E-state index contributed by atoms with van der Waals surface area (Å²) in [7, 11) is 1.29. The number of hydrogen-bond acceptors (Lipinski definition) is 5. The first-order valence-corrected chi connectivity index (χ1v) is 8.43. The highest BCUT2D eigenvalue weighted by Gasteiger charge is 2.13. The van der Waals surface area contributed by atoms with E-state index in [1.165, 1.54) is 19.2 Å². The number of hydrogen-bond donors (Lipinski definition) is 2. The number of carbonyl (C=O) groups is 3. The Hall–Kier alpha value is -3.35. The zero-order valence-electron chi connectivity index (χ0n) is 15.4. The largest absolute Gasteiger partial charge is 0.489 e. The number of benzene rings is 2. The van der Waals surface area contributed by atoms with Gasteiger partial charge in [-0.05, 0) is 50.2 Å². The molecule has 0 saturated heterocycles. The Morgan fingerprint density at radius 2 is 1.56 bits per heavy atom. The van der Waals surface area contributed by atoms with Crippen LogP contribution in [0.4, 0.5) is 11.4 Å². The number of ether oxygens (including phenoxy) is 2. The molecule has 2 N–H and O–H groups in total. The van der Waals surface area contributed by atoms with Crippen LogP contribution in [0.15, 0.2) is 48.5 Å². The molecule has 0 spiro atoms. The Morgan fingerprint density at radius 1 is 0.926 bits per heavy atom. The second-order valence-corrected chi connectivity index (χ2v) is 6.00. The fourth-order valence-corrected chi connectivity index (χ4v) is 2.28. The van der Waals surface area contributed by atoms with E-state index in [2.05, 4.69) is 15.4 Å². The maximum atomic E-state index is 12.1. The summed E-state index contributed by atoms with van der Waals surface area (Å²) in [4.78, 5) is 35.6. The predicted octanol–water partition coefficient (Wildman–Crippen LogP) is 3.23. The van der Waals surface area contributed by atoms with E-state index >= 15 is 0 Å². The van der Waals surface area contributed by atoms with E-state index in [0.29, 0.717) is 22.7 Å². The molecule has 0 saturated carbocycles. The summed E-state index contributed by atoms with van der Waals surface area (Å²) in [5.41, 5.74) is 1.35. The SMILES string of the molecule is COC(=O)c1ccc(NC(=O)CC(=O)Nc2ccccc2OC(C)C)cc1. The van der Waals surface area contributed by atoms with Crippen molar-refractivity contribution < 1.29 is 23.9 Å². The quantitative estimate of drug-likeness (QED) is 0.576. The van der Waals surface area contributed by atoms with E-state index in [4.69, 9.17) is 4.74 Å². The van der Waals surface area contributed by atoms with Gasteiger partial charge in [0.15, 0.2) is 0 Å². The first kappa shape index (κ1) is 20.0. The second kappa shape index (κ2) is 9.38. The topological polar surface area (TPSA) is 93.7 Å². The van der Waals surface area contributed by atoms with Crippen LogP contribution < -0.4 is 15.4 Å². The van der Waals surface area contributed by atoms with Gasteiger partial charge in [0.25, 0.3) is 0 Å². The van der Waals surface area contributed by atoms with E-state index in [1.807, 2.05) is 13.8 Å². The average Bonchev–Trinajstić information content (AvgIpc) is 2.62. The maximum Gasteiger partial charge on any atom is 0.337 e. The first-order chi connectivity index (χ1) is 12.9. The van der Waals surface area contributed by atoms with E-state index in [9.17, 15) is 14.4 Å². The predicted molar refractivity (Wildman–Crippen MR) is 102 cm³/mol. The Bertz CT molecular complexity index is 815. The standard InChI is InChI=1S/C20H22N2O5/c1-13(2)27-17-7-5-4-6-16(17)22-19(24)12-18(23)21-15-10-8-14(9-11-15)20(25)26-3/h4-11,13H,12H2,1-3H3,(H,21,23)(H,22,24). The van der Waals surface area contributed by atoms with Crippen LogP contribution in [0.5, 0.6) is 5.75 Å². The van der Waals surface area contributed by atoms with Crippen LogP contribution in [0.3, 0.4) is 0 Å². The summed E-state index contributed by atoms with van der Waals surface area (Å²) >= 11 is 0. The fourth-order valence-electron chi connectivity index (χ4n) is 2.28. The molecule has 142 valence electrons. The zero-order valence-corrected chi connectivity index (χ0v) is 15.4. The van der Waals surface area contributed by atoms with E-state index < -0.39 is 17.8 Å². The van der Waals surface area contributed by atoms with Crippen LogP contribution >= 0.6 is 0 Å². The Morgan fingerprint density at radius 3 is 2.19 bits per heavy atom. The van der Waals surface area contributed by atoms with Crippen molar-refractivity contribution in [3.8, 4) is 5.75 Å². The zero-order chi connectivity index (χ0) is 19.8. The van der Waals surface area contributed by atoms with Gasteiger partial charge in [-0.15, -0.1) is 0 Å². The third-order valence-electron chi connectivity index (χ3n) is 3.43. The molecule has 2 aromatic carbocycles. The van der Waals surface area contributed by atoms with Crippen molar-refractivity contribution in [1.82, 2.24) is 0 Å². The molecule has 27 heavy (non-hydrogen) atoms. The summed E-state index contributed by atoms with van der Waals surface area (Å²) in [6, 6.07) is 13.2. The smallest absolute Gasteiger partial charge is 0.337 e. The Balaban J connectivity index is 1.92. The summed E-state index contributed by atoms with van der Waals surface area (Å²) in [6.45, 7) is 3.77. The Kier molecular flexibility index (Phi) is 6.93. The van der Waals surface area contributed by atoms with Gasteiger partial charge in [0.05, 0.1) is 24.5 Å². The van der Waals surface area contributed by atoms with E-state index in [-0.39, 0.29) is 12.5 Å².